The fourth-order valence-corrected chi connectivity index (χ4v) is 4.58. The molecule has 1 aromatic heterocycles. The monoisotopic (exact) mass is 596 g/mol. The smallest absolute Gasteiger partial charge is 0.229 e. The first kappa shape index (κ1) is 29.8. The molecule has 3 aromatic rings. The van der Waals surface area contributed by atoms with Crippen LogP contribution in [0.1, 0.15) is 0 Å². The molecule has 0 amide bonds. The number of aliphatic hydroxyl groups is 7. The van der Waals surface area contributed by atoms with Crippen LogP contribution in [0.2, 0.25) is 0 Å². The van der Waals surface area contributed by atoms with Crippen molar-refractivity contribution in [2.45, 2.75) is 55.3 Å². The van der Waals surface area contributed by atoms with E-state index in [0.29, 0.717) is 0 Å². The molecule has 228 valence electrons. The van der Waals surface area contributed by atoms with Crippen molar-refractivity contribution in [3.05, 3.63) is 40.6 Å². The van der Waals surface area contributed by atoms with E-state index in [2.05, 4.69) is 0 Å². The number of fused-ring (bicyclic) bond motifs is 1. The van der Waals surface area contributed by atoms with Crippen LogP contribution in [0.5, 0.6) is 28.7 Å². The second-order valence-corrected chi connectivity index (χ2v) is 9.76. The first-order chi connectivity index (χ1) is 19.9. The molecular weight excluding hydrogens is 568 g/mol. The SMILES string of the molecule is O=c1cc(-c2ccc(O)cc2)oc2c(O[C@@H]3OC[C@@H](O)[C@@H](O)[C@H]3O)c(O)c(O[C@@H]3O[C@H](CO)[C@@H](O)[C@H](O)[C@@H]3O)c(O)c12. The van der Waals surface area contributed by atoms with Crippen LogP contribution in [0.25, 0.3) is 22.3 Å². The standard InChI is InChI=1S/C26H28O16/c27-6-13-16(32)18(34)20(36)26(40-13)41-23-17(33)14-10(29)5-12(8-1-3-9(28)4-2-8)39-22(14)24(21(23)37)42-25-19(35)15(31)11(30)7-38-25/h1-5,11,13,15-16,18-20,25-28,30-37H,6-7H2/t11-,13-,15-,16-,18+,19-,20+,25+,26+/m1/s1. The Hall–Kier alpha value is -3.71. The molecule has 0 saturated carbocycles. The summed E-state index contributed by atoms with van der Waals surface area (Å²) < 4.78 is 27.3. The van der Waals surface area contributed by atoms with Gasteiger partial charge in [0.15, 0.2) is 16.8 Å². The first-order valence-corrected chi connectivity index (χ1v) is 12.6. The molecule has 9 atom stereocenters. The molecule has 2 saturated heterocycles. The Balaban J connectivity index is 1.66. The predicted octanol–water partition coefficient (Wildman–Crippen LogP) is -2.43. The number of ether oxygens (including phenoxy) is 4. The molecule has 2 aliphatic rings. The van der Waals surface area contributed by atoms with Gasteiger partial charge in [0.25, 0.3) is 0 Å². The summed E-state index contributed by atoms with van der Waals surface area (Å²) in [4.78, 5) is 13.3. The topological polar surface area (TPSA) is 269 Å². The zero-order chi connectivity index (χ0) is 30.5. The van der Waals surface area contributed by atoms with Crippen LogP contribution in [0.4, 0.5) is 0 Å². The lowest BCUT2D eigenvalue weighted by Crippen LogP contribution is -2.60. The van der Waals surface area contributed by atoms with E-state index in [1.54, 1.807) is 0 Å². The van der Waals surface area contributed by atoms with Crippen LogP contribution in [0, 0.1) is 0 Å². The zero-order valence-electron chi connectivity index (χ0n) is 21.4. The minimum absolute atomic E-state index is 0.0830. The summed E-state index contributed by atoms with van der Waals surface area (Å²) in [5.41, 5.74) is -1.20. The summed E-state index contributed by atoms with van der Waals surface area (Å²) in [7, 11) is 0. The van der Waals surface area contributed by atoms with Gasteiger partial charge >= 0.3 is 0 Å². The van der Waals surface area contributed by atoms with Gasteiger partial charge in [0.2, 0.25) is 29.8 Å². The van der Waals surface area contributed by atoms with Gasteiger partial charge < -0.3 is 74.4 Å². The van der Waals surface area contributed by atoms with Gasteiger partial charge in [-0.15, -0.1) is 0 Å². The third-order valence-electron chi connectivity index (χ3n) is 6.96. The normalized spacial score (nSPS) is 31.6. The van der Waals surface area contributed by atoms with E-state index >= 15 is 0 Å². The second-order valence-electron chi connectivity index (χ2n) is 9.76. The maximum Gasteiger partial charge on any atom is 0.229 e. The summed E-state index contributed by atoms with van der Waals surface area (Å²) >= 11 is 0. The summed E-state index contributed by atoms with van der Waals surface area (Å²) in [5, 5.41) is 102. The number of phenolic OH excluding ortho intramolecular Hbond substituents is 3. The zero-order valence-corrected chi connectivity index (χ0v) is 21.4. The van der Waals surface area contributed by atoms with Gasteiger partial charge in [0.05, 0.1) is 13.2 Å². The average molecular weight is 596 g/mol. The molecule has 0 unspecified atom stereocenters. The van der Waals surface area contributed by atoms with Crippen molar-refractivity contribution < 1.29 is 74.4 Å². The molecule has 0 radical (unpaired) electrons. The fourth-order valence-electron chi connectivity index (χ4n) is 4.58. The van der Waals surface area contributed by atoms with E-state index in [9.17, 15) is 55.9 Å². The Labute approximate surface area is 235 Å². The number of hydrogen-bond acceptors (Lipinski definition) is 16. The molecular formula is C26H28O16. The van der Waals surface area contributed by atoms with Crippen LogP contribution in [0.15, 0.2) is 39.5 Å². The molecule has 3 heterocycles. The van der Waals surface area contributed by atoms with Gasteiger partial charge in [-0.2, -0.15) is 0 Å². The highest BCUT2D eigenvalue weighted by Gasteiger charge is 2.46. The lowest BCUT2D eigenvalue weighted by Gasteiger charge is -2.39. The summed E-state index contributed by atoms with van der Waals surface area (Å²) in [6, 6.07) is 6.40. The van der Waals surface area contributed by atoms with Crippen molar-refractivity contribution >= 4 is 11.0 Å². The van der Waals surface area contributed by atoms with Crippen molar-refractivity contribution in [3.8, 4) is 40.1 Å². The van der Waals surface area contributed by atoms with E-state index in [1.165, 1.54) is 24.3 Å². The Kier molecular flexibility index (Phi) is 8.17. The molecule has 10 N–H and O–H groups in total. The molecule has 2 aromatic carbocycles. The van der Waals surface area contributed by atoms with Crippen molar-refractivity contribution in [1.82, 2.24) is 0 Å². The average Bonchev–Trinajstić information content (AvgIpc) is 2.97. The van der Waals surface area contributed by atoms with E-state index in [1.807, 2.05) is 0 Å². The van der Waals surface area contributed by atoms with Gasteiger partial charge in [-0.05, 0) is 24.3 Å². The first-order valence-electron chi connectivity index (χ1n) is 12.6. The van der Waals surface area contributed by atoms with Crippen LogP contribution in [-0.2, 0) is 9.47 Å². The lowest BCUT2D eigenvalue weighted by atomic mass is 9.99. The van der Waals surface area contributed by atoms with Crippen molar-refractivity contribution in [1.29, 1.82) is 0 Å². The van der Waals surface area contributed by atoms with Gasteiger partial charge in [-0.3, -0.25) is 4.79 Å². The quantitative estimate of drug-likeness (QED) is 0.142. The summed E-state index contributed by atoms with van der Waals surface area (Å²) in [6.07, 6.45) is -15.8. The van der Waals surface area contributed by atoms with Crippen molar-refractivity contribution in [2.24, 2.45) is 0 Å². The predicted molar refractivity (Wildman–Crippen MR) is 136 cm³/mol. The molecule has 16 heteroatoms. The van der Waals surface area contributed by atoms with E-state index < -0.39 is 108 Å². The molecule has 0 aliphatic carbocycles. The van der Waals surface area contributed by atoms with Crippen LogP contribution < -0.4 is 14.9 Å². The van der Waals surface area contributed by atoms with Crippen molar-refractivity contribution in [2.75, 3.05) is 13.2 Å². The van der Waals surface area contributed by atoms with Gasteiger partial charge in [-0.25, -0.2) is 0 Å². The number of aliphatic hydroxyl groups excluding tert-OH is 7. The molecule has 2 aliphatic heterocycles. The number of aromatic hydroxyl groups is 3. The molecule has 42 heavy (non-hydrogen) atoms. The Morgan fingerprint density at radius 1 is 0.786 bits per heavy atom. The molecule has 16 nitrogen and oxygen atoms in total. The summed E-state index contributed by atoms with van der Waals surface area (Å²) in [5.74, 6) is -4.00. The summed E-state index contributed by atoms with van der Waals surface area (Å²) in [6.45, 7) is -1.32. The highest BCUT2D eigenvalue weighted by molar-refractivity contribution is 5.95. The van der Waals surface area contributed by atoms with E-state index in [4.69, 9.17) is 23.4 Å². The highest BCUT2D eigenvalue weighted by Crippen LogP contribution is 2.51. The lowest BCUT2D eigenvalue weighted by molar-refractivity contribution is -0.277. The minimum Gasteiger partial charge on any atom is -0.508 e. The van der Waals surface area contributed by atoms with E-state index in [0.717, 1.165) is 6.07 Å². The second kappa shape index (κ2) is 11.5. The third-order valence-corrected chi connectivity index (χ3v) is 6.96. The maximum atomic E-state index is 13.3. The van der Waals surface area contributed by atoms with Gasteiger partial charge in [0.1, 0.15) is 59.6 Å². The third kappa shape index (κ3) is 5.19. The highest BCUT2D eigenvalue weighted by atomic mass is 16.7. The number of hydrogen-bond donors (Lipinski definition) is 10. The molecule has 2 fully saturated rings. The van der Waals surface area contributed by atoms with Gasteiger partial charge in [-0.1, -0.05) is 0 Å². The molecule has 0 bridgehead atoms. The molecule has 0 spiro atoms. The van der Waals surface area contributed by atoms with Gasteiger partial charge in [0, 0.05) is 11.6 Å². The maximum absolute atomic E-state index is 13.3. The Morgan fingerprint density at radius 3 is 2.10 bits per heavy atom. The Bertz CT molecular complexity index is 1490. The van der Waals surface area contributed by atoms with E-state index in [-0.39, 0.29) is 17.1 Å². The number of rotatable bonds is 6. The van der Waals surface area contributed by atoms with Crippen molar-refractivity contribution in [3.63, 3.8) is 0 Å². The number of phenols is 3. The fraction of sp³-hybridized carbons (Fsp3) is 0.423. The van der Waals surface area contributed by atoms with Crippen LogP contribution >= 0.6 is 0 Å². The minimum atomic E-state index is -1.98. The van der Waals surface area contributed by atoms with Crippen LogP contribution in [0.3, 0.4) is 0 Å². The largest absolute Gasteiger partial charge is 0.508 e. The van der Waals surface area contributed by atoms with Crippen LogP contribution in [-0.4, -0.2) is 120 Å². The Morgan fingerprint density at radius 2 is 1.43 bits per heavy atom. The number of benzene rings is 2. The molecule has 5 rings (SSSR count).